The van der Waals surface area contributed by atoms with E-state index < -0.39 is 0 Å². The Morgan fingerprint density at radius 2 is 1.52 bits per heavy atom. The summed E-state index contributed by atoms with van der Waals surface area (Å²) in [5.41, 5.74) is 2.73. The van der Waals surface area contributed by atoms with Crippen LogP contribution in [0.4, 0.5) is 11.4 Å². The number of ether oxygens (including phenoxy) is 2. The summed E-state index contributed by atoms with van der Waals surface area (Å²) in [6.45, 7) is 0.143. The number of hydrogen-bond donors (Lipinski definition) is 3. The summed E-state index contributed by atoms with van der Waals surface area (Å²) in [7, 11) is 3.20. The van der Waals surface area contributed by atoms with Crippen molar-refractivity contribution in [3.05, 3.63) is 48.0 Å². The zero-order valence-electron chi connectivity index (χ0n) is 13.1. The minimum absolute atomic E-state index is 0.143. The van der Waals surface area contributed by atoms with Crippen LogP contribution in [0.3, 0.4) is 0 Å². The number of hydrogen-bond acceptors (Lipinski definition) is 4. The van der Waals surface area contributed by atoms with Crippen LogP contribution in [0.2, 0.25) is 0 Å². The minimum atomic E-state index is 0.143. The van der Waals surface area contributed by atoms with E-state index in [2.05, 4.69) is 10.6 Å². The molecule has 0 atom stereocenters. The summed E-state index contributed by atoms with van der Waals surface area (Å²) in [5.74, 6) is 1.37. The van der Waals surface area contributed by atoms with Crippen LogP contribution in [0, 0.1) is 0 Å². The van der Waals surface area contributed by atoms with Crippen molar-refractivity contribution >= 4 is 28.7 Å². The number of anilines is 2. The second kappa shape index (κ2) is 8.36. The summed E-state index contributed by atoms with van der Waals surface area (Å²) in [5, 5.41) is 15.6. The van der Waals surface area contributed by atoms with Gasteiger partial charge in [0.05, 0.1) is 14.2 Å². The van der Waals surface area contributed by atoms with Gasteiger partial charge in [0.15, 0.2) is 5.11 Å². The molecule has 0 unspecified atom stereocenters. The molecule has 0 radical (unpaired) electrons. The van der Waals surface area contributed by atoms with Crippen molar-refractivity contribution in [3.63, 3.8) is 0 Å². The predicted molar refractivity (Wildman–Crippen MR) is 96.6 cm³/mol. The van der Waals surface area contributed by atoms with Crippen LogP contribution < -0.4 is 20.1 Å². The minimum Gasteiger partial charge on any atom is -0.497 e. The standard InChI is InChI=1S/C17H20N2O3S/c1-21-15-9-14(10-16(11-15)22-2)19-17(23)18-13-5-3-12(4-6-13)7-8-20/h3-6,9-11,20H,7-8H2,1-2H3,(H2,18,19,23). The highest BCUT2D eigenvalue weighted by molar-refractivity contribution is 7.80. The summed E-state index contributed by atoms with van der Waals surface area (Å²) in [6.07, 6.45) is 0.645. The normalized spacial score (nSPS) is 10.0. The molecule has 6 heteroatoms. The van der Waals surface area contributed by atoms with Gasteiger partial charge in [-0.05, 0) is 36.3 Å². The first kappa shape index (κ1) is 17.1. The molecule has 0 amide bonds. The monoisotopic (exact) mass is 332 g/mol. The Kier molecular flexibility index (Phi) is 6.19. The molecule has 23 heavy (non-hydrogen) atoms. The average Bonchev–Trinajstić information content (AvgIpc) is 2.56. The van der Waals surface area contributed by atoms with Gasteiger partial charge in [-0.2, -0.15) is 0 Å². The Balaban J connectivity index is 2.01. The first-order valence-electron chi connectivity index (χ1n) is 7.15. The van der Waals surface area contributed by atoms with Gasteiger partial charge in [0.2, 0.25) is 0 Å². The van der Waals surface area contributed by atoms with Gasteiger partial charge in [-0.1, -0.05) is 12.1 Å². The third-order valence-corrected chi connectivity index (χ3v) is 3.43. The van der Waals surface area contributed by atoms with Crippen molar-refractivity contribution in [3.8, 4) is 11.5 Å². The topological polar surface area (TPSA) is 62.8 Å². The molecule has 0 fully saturated rings. The largest absolute Gasteiger partial charge is 0.497 e. The maximum atomic E-state index is 8.92. The quantitative estimate of drug-likeness (QED) is 0.707. The number of thiocarbonyl (C=S) groups is 1. The second-order valence-corrected chi connectivity index (χ2v) is 5.26. The van der Waals surface area contributed by atoms with E-state index in [0.29, 0.717) is 23.0 Å². The van der Waals surface area contributed by atoms with E-state index in [1.807, 2.05) is 36.4 Å². The maximum absolute atomic E-state index is 8.92. The summed E-state index contributed by atoms with van der Waals surface area (Å²) in [6, 6.07) is 13.2. The molecule has 0 saturated carbocycles. The van der Waals surface area contributed by atoms with Crippen LogP contribution in [0.25, 0.3) is 0 Å². The van der Waals surface area contributed by atoms with Crippen molar-refractivity contribution in [2.45, 2.75) is 6.42 Å². The van der Waals surface area contributed by atoms with Crippen molar-refractivity contribution in [1.29, 1.82) is 0 Å². The van der Waals surface area contributed by atoms with Crippen molar-refractivity contribution in [1.82, 2.24) is 0 Å². The lowest BCUT2D eigenvalue weighted by Crippen LogP contribution is -2.19. The Morgan fingerprint density at radius 3 is 2.04 bits per heavy atom. The van der Waals surface area contributed by atoms with E-state index in [1.165, 1.54) is 0 Å². The summed E-state index contributed by atoms with van der Waals surface area (Å²) in [4.78, 5) is 0. The van der Waals surface area contributed by atoms with Gasteiger partial charge in [-0.25, -0.2) is 0 Å². The predicted octanol–water partition coefficient (Wildman–Crippen LogP) is 3.05. The van der Waals surface area contributed by atoms with E-state index in [4.69, 9.17) is 26.8 Å². The van der Waals surface area contributed by atoms with Crippen molar-refractivity contribution < 1.29 is 14.6 Å². The molecule has 0 heterocycles. The Bertz CT molecular complexity index is 637. The fourth-order valence-electron chi connectivity index (χ4n) is 2.06. The number of benzene rings is 2. The van der Waals surface area contributed by atoms with Crippen molar-refractivity contribution in [2.75, 3.05) is 31.5 Å². The number of rotatable bonds is 6. The van der Waals surface area contributed by atoms with E-state index in [-0.39, 0.29) is 6.61 Å². The highest BCUT2D eigenvalue weighted by Crippen LogP contribution is 2.25. The van der Waals surface area contributed by atoms with Crippen LogP contribution in [0.5, 0.6) is 11.5 Å². The number of aliphatic hydroxyl groups excluding tert-OH is 1. The third-order valence-electron chi connectivity index (χ3n) is 3.22. The number of methoxy groups -OCH3 is 2. The molecule has 122 valence electrons. The molecular weight excluding hydrogens is 312 g/mol. The highest BCUT2D eigenvalue weighted by Gasteiger charge is 2.04. The molecule has 0 aliphatic carbocycles. The lowest BCUT2D eigenvalue weighted by molar-refractivity contribution is 0.299. The average molecular weight is 332 g/mol. The van der Waals surface area contributed by atoms with Gasteiger partial charge >= 0.3 is 0 Å². The van der Waals surface area contributed by atoms with Gasteiger partial charge in [0, 0.05) is 36.2 Å². The van der Waals surface area contributed by atoms with E-state index in [9.17, 15) is 0 Å². The zero-order chi connectivity index (χ0) is 16.7. The van der Waals surface area contributed by atoms with Gasteiger partial charge in [-0.15, -0.1) is 0 Å². The van der Waals surface area contributed by atoms with Crippen LogP contribution >= 0.6 is 12.2 Å². The molecule has 0 saturated heterocycles. The summed E-state index contributed by atoms with van der Waals surface area (Å²) >= 11 is 5.32. The van der Waals surface area contributed by atoms with Crippen molar-refractivity contribution in [2.24, 2.45) is 0 Å². The second-order valence-electron chi connectivity index (χ2n) is 4.85. The SMILES string of the molecule is COc1cc(NC(=S)Nc2ccc(CCO)cc2)cc(OC)c1. The molecule has 3 N–H and O–H groups in total. The van der Waals surface area contributed by atoms with Crippen LogP contribution in [0.1, 0.15) is 5.56 Å². The van der Waals surface area contributed by atoms with Crippen LogP contribution in [-0.2, 0) is 6.42 Å². The first-order chi connectivity index (χ1) is 11.1. The maximum Gasteiger partial charge on any atom is 0.175 e. The first-order valence-corrected chi connectivity index (χ1v) is 7.56. The Labute approximate surface area is 141 Å². The van der Waals surface area contributed by atoms with Gasteiger partial charge in [-0.3, -0.25) is 0 Å². The number of nitrogens with one attached hydrogen (secondary N) is 2. The lowest BCUT2D eigenvalue weighted by atomic mass is 10.1. The lowest BCUT2D eigenvalue weighted by Gasteiger charge is -2.13. The van der Waals surface area contributed by atoms with E-state index in [1.54, 1.807) is 20.3 Å². The van der Waals surface area contributed by atoms with Crippen LogP contribution in [-0.4, -0.2) is 31.0 Å². The molecule has 0 aliphatic rings. The molecule has 0 aromatic heterocycles. The molecule has 5 nitrogen and oxygen atoms in total. The zero-order valence-corrected chi connectivity index (χ0v) is 13.9. The highest BCUT2D eigenvalue weighted by atomic mass is 32.1. The van der Waals surface area contributed by atoms with Gasteiger partial charge < -0.3 is 25.2 Å². The molecule has 2 aromatic carbocycles. The smallest absolute Gasteiger partial charge is 0.175 e. The molecule has 0 spiro atoms. The van der Waals surface area contributed by atoms with E-state index >= 15 is 0 Å². The molecule has 2 rings (SSSR count). The fourth-order valence-corrected chi connectivity index (χ4v) is 2.29. The number of aliphatic hydroxyl groups is 1. The summed E-state index contributed by atoms with van der Waals surface area (Å²) < 4.78 is 10.5. The molecular formula is C17H20N2O3S. The van der Waals surface area contributed by atoms with E-state index in [0.717, 1.165) is 16.9 Å². The third kappa shape index (κ3) is 5.12. The molecule has 2 aromatic rings. The van der Waals surface area contributed by atoms with Gasteiger partial charge in [0.25, 0.3) is 0 Å². The fraction of sp³-hybridized carbons (Fsp3) is 0.235. The van der Waals surface area contributed by atoms with Crippen LogP contribution in [0.15, 0.2) is 42.5 Å². The van der Waals surface area contributed by atoms with Gasteiger partial charge in [0.1, 0.15) is 11.5 Å². The molecule has 0 aliphatic heterocycles. The Hall–Kier alpha value is -2.31. The Morgan fingerprint density at radius 1 is 0.957 bits per heavy atom. The molecule has 0 bridgehead atoms.